The predicted molar refractivity (Wildman–Crippen MR) is 87.9 cm³/mol. The van der Waals surface area contributed by atoms with Crippen molar-refractivity contribution in [3.8, 4) is 0 Å². The van der Waals surface area contributed by atoms with Gasteiger partial charge in [-0.1, -0.05) is 35.3 Å². The van der Waals surface area contributed by atoms with Crippen LogP contribution in [0.25, 0.3) is 0 Å². The number of carbonyl (C=O) groups excluding carboxylic acids is 1. The molecule has 1 amide bonds. The van der Waals surface area contributed by atoms with Crippen LogP contribution in [0.3, 0.4) is 0 Å². The fourth-order valence-electron chi connectivity index (χ4n) is 2.18. The SMILES string of the molecule is CN(Cc1cccc(Cl)c1)c1c(Cl)cc(N)cc1C(N)=O. The van der Waals surface area contributed by atoms with Gasteiger partial charge in [-0.05, 0) is 29.8 Å². The number of anilines is 2. The van der Waals surface area contributed by atoms with Crippen molar-refractivity contribution >= 4 is 40.5 Å². The summed E-state index contributed by atoms with van der Waals surface area (Å²) in [5.74, 6) is -0.572. The average Bonchev–Trinajstić information content (AvgIpc) is 2.37. The Labute approximate surface area is 133 Å². The first-order valence-electron chi connectivity index (χ1n) is 6.23. The van der Waals surface area contributed by atoms with E-state index in [0.717, 1.165) is 5.56 Å². The quantitative estimate of drug-likeness (QED) is 0.848. The molecule has 21 heavy (non-hydrogen) atoms. The second-order valence-electron chi connectivity index (χ2n) is 4.75. The van der Waals surface area contributed by atoms with E-state index in [1.807, 2.05) is 30.1 Å². The van der Waals surface area contributed by atoms with Gasteiger partial charge in [0.15, 0.2) is 0 Å². The molecule has 0 unspecified atom stereocenters. The molecule has 0 aromatic heterocycles. The van der Waals surface area contributed by atoms with Crippen molar-refractivity contribution in [1.82, 2.24) is 0 Å². The van der Waals surface area contributed by atoms with Crippen LogP contribution in [0.4, 0.5) is 11.4 Å². The highest BCUT2D eigenvalue weighted by atomic mass is 35.5. The lowest BCUT2D eigenvalue weighted by atomic mass is 10.1. The summed E-state index contributed by atoms with van der Waals surface area (Å²) in [7, 11) is 1.82. The third-order valence-corrected chi connectivity index (χ3v) is 3.56. The van der Waals surface area contributed by atoms with Crippen LogP contribution in [0.5, 0.6) is 0 Å². The standard InChI is InChI=1S/C15H15Cl2N3O/c1-20(8-9-3-2-4-10(16)5-9)14-12(15(19)21)6-11(18)7-13(14)17/h2-7H,8,18H2,1H3,(H2,19,21). The summed E-state index contributed by atoms with van der Waals surface area (Å²) in [5.41, 5.74) is 13.4. The summed E-state index contributed by atoms with van der Waals surface area (Å²) in [6, 6.07) is 10.6. The fraction of sp³-hybridized carbons (Fsp3) is 0.133. The highest BCUT2D eigenvalue weighted by Crippen LogP contribution is 2.32. The summed E-state index contributed by atoms with van der Waals surface area (Å²) >= 11 is 12.2. The molecular weight excluding hydrogens is 309 g/mol. The van der Waals surface area contributed by atoms with Gasteiger partial charge in [-0.15, -0.1) is 0 Å². The molecule has 0 atom stereocenters. The highest BCUT2D eigenvalue weighted by Gasteiger charge is 2.17. The van der Waals surface area contributed by atoms with Crippen molar-refractivity contribution in [3.63, 3.8) is 0 Å². The molecule has 2 aromatic carbocycles. The number of nitrogen functional groups attached to an aromatic ring is 1. The number of primary amides is 1. The summed E-state index contributed by atoms with van der Waals surface area (Å²) in [5, 5.41) is 1.03. The van der Waals surface area contributed by atoms with Gasteiger partial charge in [0, 0.05) is 24.3 Å². The first-order valence-corrected chi connectivity index (χ1v) is 6.98. The zero-order valence-corrected chi connectivity index (χ0v) is 12.9. The predicted octanol–water partition coefficient (Wildman–Crippen LogP) is 3.31. The number of nitrogens with two attached hydrogens (primary N) is 2. The minimum Gasteiger partial charge on any atom is -0.399 e. The first kappa shape index (κ1) is 15.5. The summed E-state index contributed by atoms with van der Waals surface area (Å²) in [4.78, 5) is 13.4. The Morgan fingerprint density at radius 2 is 1.95 bits per heavy atom. The summed E-state index contributed by atoms with van der Waals surface area (Å²) in [6.07, 6.45) is 0. The molecule has 0 aliphatic rings. The largest absolute Gasteiger partial charge is 0.399 e. The van der Waals surface area contributed by atoms with E-state index in [-0.39, 0.29) is 0 Å². The van der Waals surface area contributed by atoms with Gasteiger partial charge in [-0.25, -0.2) is 0 Å². The molecule has 4 N–H and O–H groups in total. The van der Waals surface area contributed by atoms with Crippen LogP contribution in [0.1, 0.15) is 15.9 Å². The molecule has 2 rings (SSSR count). The molecule has 0 bridgehead atoms. The second kappa shape index (κ2) is 6.24. The number of benzene rings is 2. The van der Waals surface area contributed by atoms with E-state index in [1.165, 1.54) is 6.07 Å². The van der Waals surface area contributed by atoms with Crippen molar-refractivity contribution in [3.05, 3.63) is 57.6 Å². The molecule has 0 aliphatic heterocycles. The number of halogens is 2. The van der Waals surface area contributed by atoms with E-state index >= 15 is 0 Å². The Hall–Kier alpha value is -1.91. The second-order valence-corrected chi connectivity index (χ2v) is 5.59. The van der Waals surface area contributed by atoms with Gasteiger partial charge in [-0.3, -0.25) is 4.79 Å². The summed E-state index contributed by atoms with van der Waals surface area (Å²) in [6.45, 7) is 0.532. The smallest absolute Gasteiger partial charge is 0.250 e. The van der Waals surface area contributed by atoms with Crippen molar-refractivity contribution in [1.29, 1.82) is 0 Å². The highest BCUT2D eigenvalue weighted by molar-refractivity contribution is 6.34. The van der Waals surface area contributed by atoms with Gasteiger partial charge in [0.25, 0.3) is 5.91 Å². The van der Waals surface area contributed by atoms with E-state index in [1.54, 1.807) is 12.1 Å². The van der Waals surface area contributed by atoms with Crippen molar-refractivity contribution in [2.45, 2.75) is 6.54 Å². The number of amides is 1. The number of rotatable bonds is 4. The zero-order valence-electron chi connectivity index (χ0n) is 11.4. The Morgan fingerprint density at radius 1 is 1.24 bits per heavy atom. The Kier molecular flexibility index (Phi) is 4.60. The molecular formula is C15H15Cl2N3O. The molecule has 0 saturated heterocycles. The Bertz CT molecular complexity index is 689. The lowest BCUT2D eigenvalue weighted by Gasteiger charge is -2.23. The third kappa shape index (κ3) is 3.60. The number of hydrogen-bond donors (Lipinski definition) is 2. The third-order valence-electron chi connectivity index (χ3n) is 3.04. The molecule has 110 valence electrons. The molecule has 0 radical (unpaired) electrons. The van der Waals surface area contributed by atoms with E-state index in [2.05, 4.69) is 0 Å². The van der Waals surface area contributed by atoms with E-state index in [0.29, 0.717) is 33.5 Å². The van der Waals surface area contributed by atoms with Crippen LogP contribution in [0.2, 0.25) is 10.0 Å². The Balaban J connectivity index is 2.39. The van der Waals surface area contributed by atoms with E-state index in [4.69, 9.17) is 34.7 Å². The lowest BCUT2D eigenvalue weighted by molar-refractivity contribution is 0.100. The van der Waals surface area contributed by atoms with Gasteiger partial charge in [0.05, 0.1) is 16.3 Å². The van der Waals surface area contributed by atoms with Crippen LogP contribution < -0.4 is 16.4 Å². The molecule has 6 heteroatoms. The van der Waals surface area contributed by atoms with Crippen molar-refractivity contribution in [2.75, 3.05) is 17.7 Å². The van der Waals surface area contributed by atoms with E-state index in [9.17, 15) is 4.79 Å². The monoisotopic (exact) mass is 323 g/mol. The topological polar surface area (TPSA) is 72.3 Å². The maximum absolute atomic E-state index is 11.6. The average molecular weight is 324 g/mol. The molecule has 4 nitrogen and oxygen atoms in total. The first-order chi connectivity index (χ1) is 9.88. The minimum absolute atomic E-state index is 0.296. The molecule has 2 aromatic rings. The number of carbonyl (C=O) groups is 1. The van der Waals surface area contributed by atoms with Crippen LogP contribution in [0, 0.1) is 0 Å². The fourth-order valence-corrected chi connectivity index (χ4v) is 2.77. The van der Waals surface area contributed by atoms with Gasteiger partial charge >= 0.3 is 0 Å². The molecule has 0 fully saturated rings. The van der Waals surface area contributed by atoms with E-state index < -0.39 is 5.91 Å². The van der Waals surface area contributed by atoms with Crippen LogP contribution in [-0.4, -0.2) is 13.0 Å². The van der Waals surface area contributed by atoms with Gasteiger partial charge < -0.3 is 16.4 Å². The molecule has 0 aliphatic carbocycles. The van der Waals surface area contributed by atoms with Crippen LogP contribution in [-0.2, 0) is 6.54 Å². The van der Waals surface area contributed by atoms with Gasteiger partial charge in [0.2, 0.25) is 0 Å². The number of nitrogens with zero attached hydrogens (tertiary/aromatic N) is 1. The van der Waals surface area contributed by atoms with Crippen molar-refractivity contribution < 1.29 is 4.79 Å². The molecule has 0 saturated carbocycles. The van der Waals surface area contributed by atoms with Crippen molar-refractivity contribution in [2.24, 2.45) is 5.73 Å². The maximum atomic E-state index is 11.6. The zero-order chi connectivity index (χ0) is 15.6. The molecule has 0 spiro atoms. The number of hydrogen-bond acceptors (Lipinski definition) is 3. The van der Waals surface area contributed by atoms with Crippen LogP contribution in [0.15, 0.2) is 36.4 Å². The summed E-state index contributed by atoms with van der Waals surface area (Å²) < 4.78 is 0. The minimum atomic E-state index is -0.572. The normalized spacial score (nSPS) is 10.4. The maximum Gasteiger partial charge on any atom is 0.250 e. The van der Waals surface area contributed by atoms with Gasteiger partial charge in [0.1, 0.15) is 0 Å². The molecule has 0 heterocycles. The van der Waals surface area contributed by atoms with Gasteiger partial charge in [-0.2, -0.15) is 0 Å². The van der Waals surface area contributed by atoms with Crippen LogP contribution >= 0.6 is 23.2 Å². The Morgan fingerprint density at radius 3 is 2.57 bits per heavy atom. The lowest BCUT2D eigenvalue weighted by Crippen LogP contribution is -2.22.